The van der Waals surface area contributed by atoms with Gasteiger partial charge in [-0.2, -0.15) is 17.5 Å². The maximum Gasteiger partial charge on any atom is 0.416 e. The first-order valence-corrected chi connectivity index (χ1v) is 9.66. The minimum absolute atomic E-state index is 0.00996. The summed E-state index contributed by atoms with van der Waals surface area (Å²) >= 11 is 0. The van der Waals surface area contributed by atoms with Crippen molar-refractivity contribution in [2.75, 3.05) is 6.54 Å². The van der Waals surface area contributed by atoms with Crippen LogP contribution in [0.4, 0.5) is 13.2 Å². The number of alkyl halides is 3. The largest absolute Gasteiger partial charge is 0.416 e. The van der Waals surface area contributed by atoms with Gasteiger partial charge in [0, 0.05) is 25.4 Å². The Hall–Kier alpha value is -1.41. The van der Waals surface area contributed by atoms with Gasteiger partial charge >= 0.3 is 6.18 Å². The van der Waals surface area contributed by atoms with E-state index in [2.05, 4.69) is 0 Å². The fourth-order valence-electron chi connectivity index (χ4n) is 2.94. The first kappa shape index (κ1) is 19.9. The van der Waals surface area contributed by atoms with E-state index in [4.69, 9.17) is 0 Å². The van der Waals surface area contributed by atoms with Crippen molar-refractivity contribution in [1.29, 1.82) is 0 Å². The monoisotopic (exact) mass is 377 g/mol. The second kappa shape index (κ2) is 7.45. The Labute approximate surface area is 146 Å². The molecule has 1 aromatic carbocycles. The maximum atomic E-state index is 12.9. The summed E-state index contributed by atoms with van der Waals surface area (Å²) in [6.45, 7) is 4.01. The zero-order valence-corrected chi connectivity index (χ0v) is 15.0. The number of carbonyl (C=O) groups excluding carboxylic acids is 1. The van der Waals surface area contributed by atoms with E-state index >= 15 is 0 Å². The average Bonchev–Trinajstić information content (AvgIpc) is 2.52. The van der Waals surface area contributed by atoms with Gasteiger partial charge in [-0.1, -0.05) is 19.9 Å². The molecule has 140 valence electrons. The highest BCUT2D eigenvalue weighted by Crippen LogP contribution is 2.33. The quantitative estimate of drug-likeness (QED) is 0.783. The van der Waals surface area contributed by atoms with Crippen molar-refractivity contribution >= 4 is 15.8 Å². The third-order valence-electron chi connectivity index (χ3n) is 4.33. The molecule has 1 aliphatic heterocycles. The number of halogens is 3. The third kappa shape index (κ3) is 4.82. The molecule has 8 heteroatoms. The SMILES string of the molecule is CC(C)CCC1CC(=O)CCN1S(=O)(=O)c1cccc(C(F)(F)F)c1. The van der Waals surface area contributed by atoms with Gasteiger partial charge in [0.2, 0.25) is 10.0 Å². The van der Waals surface area contributed by atoms with Crippen LogP contribution in [0.1, 0.15) is 45.1 Å². The number of Topliss-reactive ketones (excluding diaryl/α,β-unsaturated/α-hetero) is 1. The molecule has 1 aromatic rings. The Morgan fingerprint density at radius 3 is 2.56 bits per heavy atom. The minimum atomic E-state index is -4.61. The maximum absolute atomic E-state index is 12.9. The molecule has 1 saturated heterocycles. The molecule has 4 nitrogen and oxygen atoms in total. The summed E-state index contributed by atoms with van der Waals surface area (Å²) in [4.78, 5) is 11.4. The van der Waals surface area contributed by atoms with Gasteiger partial charge in [-0.05, 0) is 37.0 Å². The highest BCUT2D eigenvalue weighted by Gasteiger charge is 2.37. The highest BCUT2D eigenvalue weighted by atomic mass is 32.2. The lowest BCUT2D eigenvalue weighted by Gasteiger charge is -2.34. The predicted molar refractivity (Wildman–Crippen MR) is 87.4 cm³/mol. The zero-order chi connectivity index (χ0) is 18.8. The molecule has 0 aliphatic carbocycles. The van der Waals surface area contributed by atoms with Gasteiger partial charge in [0.05, 0.1) is 10.5 Å². The molecule has 25 heavy (non-hydrogen) atoms. The molecule has 1 fully saturated rings. The lowest BCUT2D eigenvalue weighted by atomic mass is 9.96. The Morgan fingerprint density at radius 1 is 1.28 bits per heavy atom. The molecule has 1 atom stereocenters. The van der Waals surface area contributed by atoms with E-state index in [-0.39, 0.29) is 30.1 Å². The van der Waals surface area contributed by atoms with Crippen molar-refractivity contribution < 1.29 is 26.4 Å². The second-order valence-electron chi connectivity index (χ2n) is 6.76. The molecule has 0 bridgehead atoms. The Kier molecular flexibility index (Phi) is 5.93. The third-order valence-corrected chi connectivity index (χ3v) is 6.27. The van der Waals surface area contributed by atoms with Gasteiger partial charge < -0.3 is 0 Å². The van der Waals surface area contributed by atoms with Crippen LogP contribution < -0.4 is 0 Å². The van der Waals surface area contributed by atoms with Gasteiger partial charge in [0.25, 0.3) is 0 Å². The predicted octanol–water partition coefficient (Wildman–Crippen LogP) is 3.86. The fraction of sp³-hybridized carbons (Fsp3) is 0.588. The Balaban J connectivity index is 2.34. The van der Waals surface area contributed by atoms with Crippen LogP contribution in [-0.4, -0.2) is 31.1 Å². The fourth-order valence-corrected chi connectivity index (χ4v) is 4.64. The number of nitrogens with zero attached hydrogens (tertiary/aromatic N) is 1. The molecule has 0 amide bonds. The van der Waals surface area contributed by atoms with Crippen molar-refractivity contribution in [3.8, 4) is 0 Å². The summed E-state index contributed by atoms with van der Waals surface area (Å²) in [5.74, 6) is 0.333. The molecule has 2 rings (SSSR count). The summed E-state index contributed by atoms with van der Waals surface area (Å²) in [7, 11) is -4.08. The Morgan fingerprint density at radius 2 is 1.96 bits per heavy atom. The van der Waals surface area contributed by atoms with Crippen LogP contribution in [0.2, 0.25) is 0 Å². The number of benzene rings is 1. The van der Waals surface area contributed by atoms with Crippen molar-refractivity contribution in [3.63, 3.8) is 0 Å². The zero-order valence-electron chi connectivity index (χ0n) is 14.2. The first-order valence-electron chi connectivity index (χ1n) is 8.22. The lowest BCUT2D eigenvalue weighted by Crippen LogP contribution is -2.46. The van der Waals surface area contributed by atoms with E-state index in [9.17, 15) is 26.4 Å². The summed E-state index contributed by atoms with van der Waals surface area (Å²) in [5.41, 5.74) is -1.000. The van der Waals surface area contributed by atoms with Crippen molar-refractivity contribution in [1.82, 2.24) is 4.31 Å². The lowest BCUT2D eigenvalue weighted by molar-refractivity contribution is -0.137. The van der Waals surface area contributed by atoms with E-state index in [0.717, 1.165) is 18.6 Å². The van der Waals surface area contributed by atoms with Crippen LogP contribution >= 0.6 is 0 Å². The number of carbonyl (C=O) groups is 1. The summed E-state index contributed by atoms with van der Waals surface area (Å²) in [6.07, 6.45) is -3.14. The van der Waals surface area contributed by atoms with Crippen LogP contribution in [0.15, 0.2) is 29.2 Å². The normalized spacial score (nSPS) is 20.2. The van der Waals surface area contributed by atoms with Gasteiger partial charge in [0.15, 0.2) is 0 Å². The standard InChI is InChI=1S/C17H22F3NO3S/c1-12(2)6-7-14-11-15(22)8-9-21(14)25(23,24)16-5-3-4-13(10-16)17(18,19)20/h3-5,10,12,14H,6-9,11H2,1-2H3. The summed E-state index contributed by atoms with van der Waals surface area (Å²) < 4.78 is 65.6. The van der Waals surface area contributed by atoms with Crippen molar-refractivity contribution in [3.05, 3.63) is 29.8 Å². The molecule has 0 N–H and O–H groups in total. The molecule has 0 spiro atoms. The number of rotatable bonds is 5. The van der Waals surface area contributed by atoms with E-state index < -0.39 is 27.8 Å². The van der Waals surface area contributed by atoms with Gasteiger partial charge in [0.1, 0.15) is 5.78 Å². The molecule has 0 aromatic heterocycles. The van der Waals surface area contributed by atoms with Crippen LogP contribution in [0, 0.1) is 5.92 Å². The number of sulfonamides is 1. The molecule has 1 unspecified atom stereocenters. The Bertz CT molecular complexity index is 729. The van der Waals surface area contributed by atoms with E-state index in [1.54, 1.807) is 0 Å². The number of ketones is 1. The second-order valence-corrected chi connectivity index (χ2v) is 8.65. The molecule has 0 radical (unpaired) electrons. The van der Waals surface area contributed by atoms with Gasteiger partial charge in [-0.15, -0.1) is 0 Å². The molecular formula is C17H22F3NO3S. The first-order chi connectivity index (χ1) is 11.5. The molecule has 1 heterocycles. The van der Waals surface area contributed by atoms with Crippen molar-refractivity contribution in [2.24, 2.45) is 5.92 Å². The van der Waals surface area contributed by atoms with E-state index in [1.807, 2.05) is 13.8 Å². The summed E-state index contributed by atoms with van der Waals surface area (Å²) in [5, 5.41) is 0. The van der Waals surface area contributed by atoms with E-state index in [1.165, 1.54) is 10.4 Å². The van der Waals surface area contributed by atoms with Crippen LogP contribution in [0.3, 0.4) is 0 Å². The number of hydrogen-bond donors (Lipinski definition) is 0. The number of piperidine rings is 1. The van der Waals surface area contributed by atoms with Crippen LogP contribution in [-0.2, 0) is 21.0 Å². The van der Waals surface area contributed by atoms with Gasteiger partial charge in [-0.25, -0.2) is 8.42 Å². The molecular weight excluding hydrogens is 355 g/mol. The average molecular weight is 377 g/mol. The molecule has 1 aliphatic rings. The molecule has 0 saturated carbocycles. The minimum Gasteiger partial charge on any atom is -0.300 e. The summed E-state index contributed by atoms with van der Waals surface area (Å²) in [6, 6.07) is 3.26. The van der Waals surface area contributed by atoms with Crippen LogP contribution in [0.5, 0.6) is 0 Å². The van der Waals surface area contributed by atoms with Crippen molar-refractivity contribution in [2.45, 2.75) is 56.6 Å². The smallest absolute Gasteiger partial charge is 0.300 e. The highest BCUT2D eigenvalue weighted by molar-refractivity contribution is 7.89. The van der Waals surface area contributed by atoms with E-state index in [0.29, 0.717) is 18.4 Å². The topological polar surface area (TPSA) is 54.5 Å². The van der Waals surface area contributed by atoms with Crippen LogP contribution in [0.25, 0.3) is 0 Å². The van der Waals surface area contributed by atoms with Gasteiger partial charge in [-0.3, -0.25) is 4.79 Å². The number of hydrogen-bond acceptors (Lipinski definition) is 3.